The van der Waals surface area contributed by atoms with Crippen LogP contribution in [0.5, 0.6) is 0 Å². The topological polar surface area (TPSA) is 41.5 Å². The van der Waals surface area contributed by atoms with E-state index in [1.807, 2.05) is 6.92 Å². The maximum atomic E-state index is 9.28. The van der Waals surface area contributed by atoms with Crippen molar-refractivity contribution in [3.8, 4) is 0 Å². The second kappa shape index (κ2) is 11.4. The highest BCUT2D eigenvalue weighted by atomic mass is 16.5. The van der Waals surface area contributed by atoms with Crippen LogP contribution in [0.3, 0.4) is 0 Å². The summed E-state index contributed by atoms with van der Waals surface area (Å²) in [4.78, 5) is 0. The van der Waals surface area contributed by atoms with Crippen molar-refractivity contribution in [3.05, 3.63) is 0 Å². The van der Waals surface area contributed by atoms with Gasteiger partial charge in [-0.15, -0.1) is 0 Å². The Labute approximate surface area is 101 Å². The van der Waals surface area contributed by atoms with Crippen molar-refractivity contribution in [1.82, 2.24) is 5.32 Å². The lowest BCUT2D eigenvalue weighted by molar-refractivity contribution is 0.0548. The Balaban J connectivity index is 3.20. The number of aliphatic hydroxyl groups excluding tert-OH is 1. The lowest BCUT2D eigenvalue weighted by atomic mass is 10.2. The van der Waals surface area contributed by atoms with E-state index in [1.54, 1.807) is 0 Å². The molecular formula is C13H29NO2. The van der Waals surface area contributed by atoms with E-state index in [1.165, 1.54) is 19.3 Å². The fraction of sp³-hybridized carbons (Fsp3) is 1.00. The molecule has 0 aromatic rings. The van der Waals surface area contributed by atoms with E-state index in [9.17, 15) is 5.11 Å². The smallest absolute Gasteiger partial charge is 0.104 e. The molecule has 0 heterocycles. The van der Waals surface area contributed by atoms with Crippen LogP contribution in [0, 0.1) is 0 Å². The van der Waals surface area contributed by atoms with Crippen molar-refractivity contribution in [3.63, 3.8) is 0 Å². The molecule has 0 saturated carbocycles. The molecule has 0 saturated heterocycles. The Hall–Kier alpha value is -0.120. The third-order valence-electron chi connectivity index (χ3n) is 2.70. The lowest BCUT2D eigenvalue weighted by Crippen LogP contribution is -2.29. The highest BCUT2D eigenvalue weighted by Crippen LogP contribution is 2.03. The van der Waals surface area contributed by atoms with Crippen LogP contribution in [0.4, 0.5) is 0 Å². The van der Waals surface area contributed by atoms with E-state index < -0.39 is 0 Å². The summed E-state index contributed by atoms with van der Waals surface area (Å²) in [5.41, 5.74) is 0. The average Bonchev–Trinajstić information content (AvgIpc) is 2.30. The number of hydrogen-bond acceptors (Lipinski definition) is 3. The second-order valence-corrected chi connectivity index (χ2v) is 4.41. The molecule has 0 aliphatic heterocycles. The summed E-state index contributed by atoms with van der Waals surface area (Å²) < 4.78 is 5.69. The SMILES string of the molecule is CCCCCO[C@H](C)CCCNC(O)CC. The van der Waals surface area contributed by atoms with Crippen LogP contribution in [-0.4, -0.2) is 30.6 Å². The second-order valence-electron chi connectivity index (χ2n) is 4.41. The van der Waals surface area contributed by atoms with Gasteiger partial charge in [0, 0.05) is 6.61 Å². The molecule has 2 atom stereocenters. The van der Waals surface area contributed by atoms with Crippen molar-refractivity contribution in [2.24, 2.45) is 0 Å². The van der Waals surface area contributed by atoms with Crippen LogP contribution in [0.2, 0.25) is 0 Å². The lowest BCUT2D eigenvalue weighted by Gasteiger charge is -2.14. The first-order valence-corrected chi connectivity index (χ1v) is 6.73. The molecule has 16 heavy (non-hydrogen) atoms. The highest BCUT2D eigenvalue weighted by molar-refractivity contribution is 4.55. The molecule has 0 aliphatic carbocycles. The van der Waals surface area contributed by atoms with Gasteiger partial charge in [-0.05, 0) is 39.2 Å². The van der Waals surface area contributed by atoms with E-state index in [0.717, 1.165) is 32.4 Å². The van der Waals surface area contributed by atoms with Gasteiger partial charge >= 0.3 is 0 Å². The third kappa shape index (κ3) is 10.4. The van der Waals surface area contributed by atoms with Gasteiger partial charge in [0.1, 0.15) is 6.23 Å². The Morgan fingerprint density at radius 2 is 1.94 bits per heavy atom. The average molecular weight is 231 g/mol. The minimum Gasteiger partial charge on any atom is -0.379 e. The first-order chi connectivity index (χ1) is 7.70. The monoisotopic (exact) mass is 231 g/mol. The maximum absolute atomic E-state index is 9.28. The van der Waals surface area contributed by atoms with E-state index in [0.29, 0.717) is 6.10 Å². The van der Waals surface area contributed by atoms with Gasteiger partial charge in [0.05, 0.1) is 6.10 Å². The Bertz CT molecular complexity index is 142. The number of ether oxygens (including phenoxy) is 1. The fourth-order valence-corrected chi connectivity index (χ4v) is 1.52. The number of aliphatic hydroxyl groups is 1. The molecular weight excluding hydrogens is 202 g/mol. The molecule has 0 aliphatic rings. The molecule has 0 rings (SSSR count). The van der Waals surface area contributed by atoms with E-state index in [-0.39, 0.29) is 6.23 Å². The quantitative estimate of drug-likeness (QED) is 0.424. The third-order valence-corrected chi connectivity index (χ3v) is 2.70. The van der Waals surface area contributed by atoms with Gasteiger partial charge in [-0.3, -0.25) is 5.32 Å². The molecule has 0 fully saturated rings. The zero-order valence-corrected chi connectivity index (χ0v) is 11.2. The van der Waals surface area contributed by atoms with Gasteiger partial charge in [-0.2, -0.15) is 0 Å². The zero-order valence-electron chi connectivity index (χ0n) is 11.2. The fourth-order valence-electron chi connectivity index (χ4n) is 1.52. The summed E-state index contributed by atoms with van der Waals surface area (Å²) in [6.45, 7) is 8.06. The van der Waals surface area contributed by atoms with Gasteiger partial charge in [0.2, 0.25) is 0 Å². The maximum Gasteiger partial charge on any atom is 0.104 e. The molecule has 0 radical (unpaired) electrons. The molecule has 98 valence electrons. The van der Waals surface area contributed by atoms with Crippen LogP contribution < -0.4 is 5.32 Å². The van der Waals surface area contributed by atoms with Crippen molar-refractivity contribution in [2.45, 2.75) is 71.6 Å². The molecule has 2 N–H and O–H groups in total. The van der Waals surface area contributed by atoms with Crippen LogP contribution >= 0.6 is 0 Å². The molecule has 3 heteroatoms. The zero-order chi connectivity index (χ0) is 12.2. The van der Waals surface area contributed by atoms with Crippen LogP contribution in [-0.2, 0) is 4.74 Å². The first kappa shape index (κ1) is 15.9. The van der Waals surface area contributed by atoms with Crippen molar-refractivity contribution < 1.29 is 9.84 Å². The van der Waals surface area contributed by atoms with Gasteiger partial charge < -0.3 is 9.84 Å². The molecule has 0 aromatic heterocycles. The minimum absolute atomic E-state index is 0.345. The molecule has 0 spiro atoms. The molecule has 0 aromatic carbocycles. The predicted octanol–water partition coefficient (Wildman–Crippen LogP) is 2.68. The summed E-state index contributed by atoms with van der Waals surface area (Å²) in [5, 5.41) is 12.3. The first-order valence-electron chi connectivity index (χ1n) is 6.73. The van der Waals surface area contributed by atoms with Crippen LogP contribution in [0.15, 0.2) is 0 Å². The molecule has 3 nitrogen and oxygen atoms in total. The summed E-state index contributed by atoms with van der Waals surface area (Å²) >= 11 is 0. The van der Waals surface area contributed by atoms with E-state index in [4.69, 9.17) is 4.74 Å². The van der Waals surface area contributed by atoms with E-state index >= 15 is 0 Å². The van der Waals surface area contributed by atoms with Crippen molar-refractivity contribution in [1.29, 1.82) is 0 Å². The van der Waals surface area contributed by atoms with Crippen LogP contribution in [0.25, 0.3) is 0 Å². The Morgan fingerprint density at radius 1 is 1.19 bits per heavy atom. The normalized spacial score (nSPS) is 15.0. The van der Waals surface area contributed by atoms with Crippen molar-refractivity contribution in [2.75, 3.05) is 13.2 Å². The number of hydrogen-bond donors (Lipinski definition) is 2. The van der Waals surface area contributed by atoms with Gasteiger partial charge in [-0.25, -0.2) is 0 Å². The Morgan fingerprint density at radius 3 is 2.56 bits per heavy atom. The summed E-state index contributed by atoms with van der Waals surface area (Å²) in [7, 11) is 0. The van der Waals surface area contributed by atoms with Gasteiger partial charge in [0.15, 0.2) is 0 Å². The summed E-state index contributed by atoms with van der Waals surface area (Å²) in [5.74, 6) is 0. The number of rotatable bonds is 11. The standard InChI is InChI=1S/C13H29NO2/c1-4-6-7-11-16-12(3)9-8-10-14-13(15)5-2/h12-15H,4-11H2,1-3H3/t12-,13?/m1/s1. The van der Waals surface area contributed by atoms with Crippen LogP contribution in [0.1, 0.15) is 59.3 Å². The van der Waals surface area contributed by atoms with Gasteiger partial charge in [-0.1, -0.05) is 26.7 Å². The van der Waals surface area contributed by atoms with Crippen molar-refractivity contribution >= 4 is 0 Å². The number of nitrogens with one attached hydrogen (secondary N) is 1. The largest absolute Gasteiger partial charge is 0.379 e. The Kier molecular flexibility index (Phi) is 11.3. The minimum atomic E-state index is -0.347. The molecule has 0 amide bonds. The van der Waals surface area contributed by atoms with Gasteiger partial charge in [0.25, 0.3) is 0 Å². The number of unbranched alkanes of at least 4 members (excludes halogenated alkanes) is 2. The molecule has 1 unspecified atom stereocenters. The predicted molar refractivity (Wildman–Crippen MR) is 68.5 cm³/mol. The van der Waals surface area contributed by atoms with E-state index in [2.05, 4.69) is 19.2 Å². The molecule has 0 bridgehead atoms. The summed E-state index contributed by atoms with van der Waals surface area (Å²) in [6, 6.07) is 0. The highest BCUT2D eigenvalue weighted by Gasteiger charge is 2.03. The summed E-state index contributed by atoms with van der Waals surface area (Å²) in [6.07, 6.45) is 6.57.